The normalized spacial score (nSPS) is 11.9. The highest BCUT2D eigenvalue weighted by molar-refractivity contribution is 9.10. The molecule has 122 valence electrons. The number of amides is 1. The number of carbonyl (C=O) groups excluding carboxylic acids is 1. The van der Waals surface area contributed by atoms with E-state index in [0.29, 0.717) is 5.69 Å². The Hall–Kier alpha value is -1.77. The van der Waals surface area contributed by atoms with Gasteiger partial charge in [-0.25, -0.2) is 9.78 Å². The molecule has 0 spiro atoms. The van der Waals surface area contributed by atoms with Crippen LogP contribution in [-0.4, -0.2) is 41.7 Å². The largest absolute Gasteiger partial charge is 0.479 e. The summed E-state index contributed by atoms with van der Waals surface area (Å²) >= 11 is 4.87. The van der Waals surface area contributed by atoms with Crippen LogP contribution in [0.25, 0.3) is 10.6 Å². The third-order valence-electron chi connectivity index (χ3n) is 3.01. The van der Waals surface area contributed by atoms with E-state index in [1.807, 2.05) is 29.6 Å². The van der Waals surface area contributed by atoms with E-state index in [1.165, 1.54) is 18.4 Å². The molecule has 0 fully saturated rings. The lowest BCUT2D eigenvalue weighted by Crippen LogP contribution is -2.38. The van der Waals surface area contributed by atoms with Crippen molar-refractivity contribution in [2.24, 2.45) is 0 Å². The smallest absolute Gasteiger partial charge is 0.334 e. The Morgan fingerprint density at radius 2 is 2.26 bits per heavy atom. The number of hydrogen-bond donors (Lipinski definition) is 2. The van der Waals surface area contributed by atoms with E-state index in [2.05, 4.69) is 26.2 Å². The Morgan fingerprint density at radius 1 is 1.48 bits per heavy atom. The molecular formula is C15H15BrN2O4S. The van der Waals surface area contributed by atoms with Crippen molar-refractivity contribution in [1.29, 1.82) is 0 Å². The summed E-state index contributed by atoms with van der Waals surface area (Å²) in [6.45, 7) is -0.0761. The first-order chi connectivity index (χ1) is 11.0. The molecule has 2 rings (SSSR count). The number of hydrogen-bond acceptors (Lipinski definition) is 5. The average molecular weight is 399 g/mol. The topological polar surface area (TPSA) is 88.5 Å². The number of aliphatic carboxylic acids is 1. The molecule has 1 amide bonds. The number of carbonyl (C=O) groups is 2. The summed E-state index contributed by atoms with van der Waals surface area (Å²) in [6.07, 6.45) is -0.952. The van der Waals surface area contributed by atoms with Crippen molar-refractivity contribution in [3.63, 3.8) is 0 Å². The maximum atomic E-state index is 11.9. The summed E-state index contributed by atoms with van der Waals surface area (Å²) < 4.78 is 5.72. The zero-order chi connectivity index (χ0) is 16.8. The summed E-state index contributed by atoms with van der Waals surface area (Å²) in [4.78, 5) is 27.1. The Morgan fingerprint density at radius 3 is 2.91 bits per heavy atom. The van der Waals surface area contributed by atoms with Crippen LogP contribution >= 0.6 is 27.3 Å². The van der Waals surface area contributed by atoms with Crippen molar-refractivity contribution in [1.82, 2.24) is 10.3 Å². The van der Waals surface area contributed by atoms with Gasteiger partial charge >= 0.3 is 5.97 Å². The van der Waals surface area contributed by atoms with Gasteiger partial charge in [0.05, 0.1) is 18.7 Å². The minimum absolute atomic E-state index is 0.0761. The van der Waals surface area contributed by atoms with Gasteiger partial charge in [0, 0.05) is 22.5 Å². The number of ether oxygens (including phenoxy) is 1. The lowest BCUT2D eigenvalue weighted by atomic mass is 10.2. The van der Waals surface area contributed by atoms with Gasteiger partial charge in [-0.3, -0.25) is 4.79 Å². The molecule has 0 bridgehead atoms. The standard InChI is InChI=1S/C15H15BrN2O4S/c1-22-12(15(20)21)7-17-13(19)6-11-8-23-14(18-11)9-3-2-4-10(16)5-9/h2-5,8,12H,6-7H2,1H3,(H,17,19)(H,20,21). The number of thiazole rings is 1. The van der Waals surface area contributed by atoms with Crippen molar-refractivity contribution < 1.29 is 19.4 Å². The molecule has 0 aliphatic rings. The van der Waals surface area contributed by atoms with Crippen LogP contribution < -0.4 is 5.32 Å². The number of carboxylic acids is 1. The summed E-state index contributed by atoms with van der Waals surface area (Å²) in [5.41, 5.74) is 1.62. The quantitative estimate of drug-likeness (QED) is 0.746. The van der Waals surface area contributed by atoms with E-state index < -0.39 is 12.1 Å². The Kier molecular flexibility index (Phi) is 6.26. The Balaban J connectivity index is 1.94. The molecule has 2 N–H and O–H groups in total. The first-order valence-electron chi connectivity index (χ1n) is 6.72. The highest BCUT2D eigenvalue weighted by Crippen LogP contribution is 2.26. The fraction of sp³-hybridized carbons (Fsp3) is 0.267. The number of carboxylic acid groups (broad SMARTS) is 1. The molecule has 1 atom stereocenters. The fourth-order valence-corrected chi connectivity index (χ4v) is 3.06. The van der Waals surface area contributed by atoms with E-state index in [-0.39, 0.29) is 18.9 Å². The zero-order valence-electron chi connectivity index (χ0n) is 12.3. The van der Waals surface area contributed by atoms with Gasteiger partial charge in [-0.15, -0.1) is 11.3 Å². The maximum absolute atomic E-state index is 11.9. The van der Waals surface area contributed by atoms with Gasteiger partial charge in [0.1, 0.15) is 5.01 Å². The first-order valence-corrected chi connectivity index (χ1v) is 8.39. The second-order valence-corrected chi connectivity index (χ2v) is 6.47. The summed E-state index contributed by atoms with van der Waals surface area (Å²) in [6, 6.07) is 7.76. The predicted molar refractivity (Wildman–Crippen MR) is 90.4 cm³/mol. The van der Waals surface area contributed by atoms with Crippen molar-refractivity contribution in [3.05, 3.63) is 39.8 Å². The molecule has 1 aromatic heterocycles. The minimum Gasteiger partial charge on any atom is -0.479 e. The predicted octanol–water partition coefficient (Wildman–Crippen LogP) is 2.33. The molecule has 8 heteroatoms. The third-order valence-corrected chi connectivity index (χ3v) is 4.44. The van der Waals surface area contributed by atoms with E-state index in [4.69, 9.17) is 9.84 Å². The van der Waals surface area contributed by atoms with Crippen LogP contribution in [0.4, 0.5) is 0 Å². The van der Waals surface area contributed by atoms with Gasteiger partial charge in [0.15, 0.2) is 6.10 Å². The van der Waals surface area contributed by atoms with Crippen molar-refractivity contribution in [3.8, 4) is 10.6 Å². The van der Waals surface area contributed by atoms with Crippen LogP contribution in [0.5, 0.6) is 0 Å². The molecule has 0 aliphatic heterocycles. The summed E-state index contributed by atoms with van der Waals surface area (Å²) in [7, 11) is 1.29. The zero-order valence-corrected chi connectivity index (χ0v) is 14.7. The number of benzene rings is 1. The number of nitrogens with one attached hydrogen (secondary N) is 1. The van der Waals surface area contributed by atoms with Crippen molar-refractivity contribution >= 4 is 39.1 Å². The van der Waals surface area contributed by atoms with Crippen LogP contribution in [0.3, 0.4) is 0 Å². The summed E-state index contributed by atoms with van der Waals surface area (Å²) in [5, 5.41) is 14.0. The monoisotopic (exact) mass is 398 g/mol. The Bertz CT molecular complexity index is 704. The van der Waals surface area contributed by atoms with Gasteiger partial charge < -0.3 is 15.2 Å². The van der Waals surface area contributed by atoms with Crippen molar-refractivity contribution in [2.45, 2.75) is 12.5 Å². The number of nitrogens with zero attached hydrogens (tertiary/aromatic N) is 1. The lowest BCUT2D eigenvalue weighted by Gasteiger charge is -2.10. The highest BCUT2D eigenvalue weighted by atomic mass is 79.9. The number of aromatic nitrogens is 1. The second-order valence-electron chi connectivity index (χ2n) is 4.70. The molecular weight excluding hydrogens is 384 g/mol. The van der Waals surface area contributed by atoms with Crippen LogP contribution in [0.15, 0.2) is 34.1 Å². The molecule has 0 aliphatic carbocycles. The van der Waals surface area contributed by atoms with Crippen LogP contribution in [0.2, 0.25) is 0 Å². The molecule has 1 unspecified atom stereocenters. The molecule has 0 saturated carbocycles. The molecule has 2 aromatic rings. The van der Waals surface area contributed by atoms with E-state index >= 15 is 0 Å². The number of halogens is 1. The molecule has 1 aromatic carbocycles. The minimum atomic E-state index is -1.11. The molecule has 23 heavy (non-hydrogen) atoms. The maximum Gasteiger partial charge on any atom is 0.334 e. The SMILES string of the molecule is COC(CNC(=O)Cc1csc(-c2cccc(Br)c2)n1)C(=O)O. The number of rotatable bonds is 7. The van der Waals surface area contributed by atoms with Gasteiger partial charge in [0.25, 0.3) is 0 Å². The molecule has 0 saturated heterocycles. The van der Waals surface area contributed by atoms with E-state index in [0.717, 1.165) is 15.0 Å². The van der Waals surface area contributed by atoms with Gasteiger partial charge in [-0.2, -0.15) is 0 Å². The van der Waals surface area contributed by atoms with Crippen molar-refractivity contribution in [2.75, 3.05) is 13.7 Å². The Labute approximate surface area is 145 Å². The van der Waals surface area contributed by atoms with Crippen LogP contribution in [0, 0.1) is 0 Å². The summed E-state index contributed by atoms with van der Waals surface area (Å²) in [5.74, 6) is -1.40. The van der Waals surface area contributed by atoms with E-state index in [1.54, 1.807) is 0 Å². The molecule has 0 radical (unpaired) electrons. The number of methoxy groups -OCH3 is 1. The van der Waals surface area contributed by atoms with Crippen LogP contribution in [0.1, 0.15) is 5.69 Å². The van der Waals surface area contributed by atoms with Gasteiger partial charge in [-0.1, -0.05) is 28.1 Å². The fourth-order valence-electron chi connectivity index (χ4n) is 1.85. The van der Waals surface area contributed by atoms with Crippen LogP contribution in [-0.2, 0) is 20.7 Å². The average Bonchev–Trinajstić information content (AvgIpc) is 2.96. The lowest BCUT2D eigenvalue weighted by molar-refractivity contribution is -0.148. The molecule has 6 nitrogen and oxygen atoms in total. The second kappa shape index (κ2) is 8.19. The third kappa shape index (κ3) is 5.12. The highest BCUT2D eigenvalue weighted by Gasteiger charge is 2.17. The first kappa shape index (κ1) is 17.6. The van der Waals surface area contributed by atoms with Gasteiger partial charge in [-0.05, 0) is 12.1 Å². The van der Waals surface area contributed by atoms with E-state index in [9.17, 15) is 9.59 Å². The molecule has 1 heterocycles. The van der Waals surface area contributed by atoms with Gasteiger partial charge in [0.2, 0.25) is 5.91 Å².